The number of nitrogens with zero attached hydrogens (tertiary/aromatic N) is 1. The zero-order valence-electron chi connectivity index (χ0n) is 6.42. The molecule has 0 aromatic heterocycles. The zero-order valence-corrected chi connectivity index (χ0v) is 6.42. The molecule has 6 heteroatoms. The van der Waals surface area contributed by atoms with Crippen molar-refractivity contribution < 1.29 is 18.5 Å². The molecule has 1 N–H and O–H groups in total. The van der Waals surface area contributed by atoms with E-state index < -0.39 is 24.9 Å². The molecule has 0 saturated heterocycles. The second-order valence-corrected chi connectivity index (χ2v) is 2.15. The number of rotatable bonds is 2. The molecule has 0 aliphatic carbocycles. The molecule has 0 aliphatic rings. The average molecular weight is 183 g/mol. The van der Waals surface area contributed by atoms with Crippen LogP contribution in [0, 0.1) is 23.0 Å². The Kier molecular flexibility index (Phi) is 2.82. The van der Waals surface area contributed by atoms with Crippen LogP contribution in [0.15, 0.2) is 12.1 Å². The Morgan fingerprint density at radius 3 is 2.69 bits per heavy atom. The normalized spacial score (nSPS) is 9.08. The molecule has 1 rings (SSSR count). The maximum Gasteiger partial charge on any atom is 0.504 e. The second kappa shape index (κ2) is 3.87. The predicted molar refractivity (Wildman–Crippen MR) is 41.1 cm³/mol. The molecule has 0 radical (unpaired) electrons. The van der Waals surface area contributed by atoms with E-state index in [1.54, 1.807) is 0 Å². The first-order valence-electron chi connectivity index (χ1n) is 3.32. The van der Waals surface area contributed by atoms with Gasteiger partial charge in [0, 0.05) is 6.07 Å². The minimum absolute atomic E-state index is 0.0852. The van der Waals surface area contributed by atoms with E-state index in [2.05, 4.69) is 4.65 Å². The highest BCUT2D eigenvalue weighted by Crippen LogP contribution is 2.19. The maximum atomic E-state index is 12.7. The van der Waals surface area contributed by atoms with Crippen molar-refractivity contribution in [2.45, 2.75) is 0 Å². The summed E-state index contributed by atoms with van der Waals surface area (Å²) in [6.45, 7) is 0. The molecule has 0 saturated carbocycles. The van der Waals surface area contributed by atoms with Gasteiger partial charge in [-0.3, -0.25) is 0 Å². The SMILES string of the molecule is N#Cc1cc(OBO)cc(F)c1F. The molecule has 0 bridgehead atoms. The van der Waals surface area contributed by atoms with Crippen LogP contribution in [-0.4, -0.2) is 12.7 Å². The molecular weight excluding hydrogens is 179 g/mol. The molecule has 0 aliphatic heterocycles. The highest BCUT2D eigenvalue weighted by Gasteiger charge is 2.10. The lowest BCUT2D eigenvalue weighted by Crippen LogP contribution is -2.01. The third-order valence-corrected chi connectivity index (χ3v) is 1.35. The summed E-state index contributed by atoms with van der Waals surface area (Å²) < 4.78 is 29.9. The van der Waals surface area contributed by atoms with E-state index in [4.69, 9.17) is 10.3 Å². The van der Waals surface area contributed by atoms with Gasteiger partial charge in [-0.15, -0.1) is 0 Å². The number of benzene rings is 1. The summed E-state index contributed by atoms with van der Waals surface area (Å²) in [5, 5.41) is 16.7. The van der Waals surface area contributed by atoms with Crippen molar-refractivity contribution in [1.29, 1.82) is 5.26 Å². The minimum Gasteiger partial charge on any atom is -0.539 e. The van der Waals surface area contributed by atoms with Crippen molar-refractivity contribution in [1.82, 2.24) is 0 Å². The van der Waals surface area contributed by atoms with Gasteiger partial charge in [0.05, 0.1) is 5.56 Å². The van der Waals surface area contributed by atoms with Gasteiger partial charge in [0.15, 0.2) is 11.6 Å². The van der Waals surface area contributed by atoms with Crippen LogP contribution in [0.25, 0.3) is 0 Å². The van der Waals surface area contributed by atoms with Crippen LogP contribution in [0.5, 0.6) is 5.75 Å². The molecule has 3 nitrogen and oxygen atoms in total. The highest BCUT2D eigenvalue weighted by molar-refractivity contribution is 6.17. The lowest BCUT2D eigenvalue weighted by Gasteiger charge is -2.03. The first-order chi connectivity index (χ1) is 6.19. The molecule has 0 amide bonds. The molecule has 0 fully saturated rings. The summed E-state index contributed by atoms with van der Waals surface area (Å²) in [4.78, 5) is 0. The van der Waals surface area contributed by atoms with E-state index in [-0.39, 0.29) is 5.75 Å². The van der Waals surface area contributed by atoms with Crippen molar-refractivity contribution in [3.63, 3.8) is 0 Å². The lowest BCUT2D eigenvalue weighted by atomic mass is 10.2. The Morgan fingerprint density at radius 2 is 2.15 bits per heavy atom. The van der Waals surface area contributed by atoms with Gasteiger partial charge in [-0.05, 0) is 6.07 Å². The topological polar surface area (TPSA) is 53.2 Å². The minimum atomic E-state index is -1.22. The summed E-state index contributed by atoms with van der Waals surface area (Å²) in [7, 11) is -0.657. The van der Waals surface area contributed by atoms with E-state index in [9.17, 15) is 8.78 Å². The Balaban J connectivity index is 3.16. The van der Waals surface area contributed by atoms with Crippen LogP contribution < -0.4 is 4.65 Å². The van der Waals surface area contributed by atoms with E-state index in [1.165, 1.54) is 6.07 Å². The lowest BCUT2D eigenvalue weighted by molar-refractivity contribution is 0.445. The van der Waals surface area contributed by atoms with Gasteiger partial charge in [0.1, 0.15) is 11.8 Å². The van der Waals surface area contributed by atoms with Crippen molar-refractivity contribution in [2.24, 2.45) is 0 Å². The third kappa shape index (κ3) is 1.95. The summed E-state index contributed by atoms with van der Waals surface area (Å²) >= 11 is 0. The Labute approximate surface area is 73.5 Å². The molecule has 0 heterocycles. The molecule has 1 aromatic carbocycles. The van der Waals surface area contributed by atoms with E-state index in [0.29, 0.717) is 0 Å². The van der Waals surface area contributed by atoms with E-state index in [1.807, 2.05) is 0 Å². The quantitative estimate of drug-likeness (QED) is 0.678. The standard InChI is InChI=1S/C7H4BF2NO2/c9-6-2-5(13-8-12)1-4(3-11)7(6)10/h1-2,8,12H. The van der Waals surface area contributed by atoms with Crippen LogP contribution in [0.1, 0.15) is 5.56 Å². The van der Waals surface area contributed by atoms with Crippen LogP contribution in [0.2, 0.25) is 0 Å². The average Bonchev–Trinajstić information content (AvgIpc) is 2.11. The predicted octanol–water partition coefficient (Wildman–Crippen LogP) is 0.474. The largest absolute Gasteiger partial charge is 0.539 e. The molecule has 13 heavy (non-hydrogen) atoms. The fraction of sp³-hybridized carbons (Fsp3) is 0. The Hall–Kier alpha value is -1.61. The second-order valence-electron chi connectivity index (χ2n) is 2.15. The molecule has 1 aromatic rings. The van der Waals surface area contributed by atoms with E-state index >= 15 is 0 Å². The van der Waals surface area contributed by atoms with Crippen LogP contribution in [0.3, 0.4) is 0 Å². The van der Waals surface area contributed by atoms with Crippen LogP contribution in [0.4, 0.5) is 8.78 Å². The van der Waals surface area contributed by atoms with Gasteiger partial charge in [-0.25, -0.2) is 8.78 Å². The zero-order chi connectivity index (χ0) is 9.84. The molecule has 0 atom stereocenters. The highest BCUT2D eigenvalue weighted by atomic mass is 19.2. The van der Waals surface area contributed by atoms with Gasteiger partial charge in [-0.1, -0.05) is 0 Å². The van der Waals surface area contributed by atoms with Crippen molar-refractivity contribution in [2.75, 3.05) is 0 Å². The summed E-state index contributed by atoms with van der Waals surface area (Å²) in [6.07, 6.45) is 0. The molecule has 66 valence electrons. The summed E-state index contributed by atoms with van der Waals surface area (Å²) in [5.41, 5.74) is -0.455. The van der Waals surface area contributed by atoms with Crippen molar-refractivity contribution in [3.8, 4) is 11.8 Å². The number of halogens is 2. The monoisotopic (exact) mass is 183 g/mol. The Bertz CT molecular complexity index is 364. The maximum absolute atomic E-state index is 12.7. The van der Waals surface area contributed by atoms with Gasteiger partial charge in [0.25, 0.3) is 0 Å². The molecular formula is C7H4BF2NO2. The molecule has 0 unspecified atom stereocenters. The van der Waals surface area contributed by atoms with Gasteiger partial charge < -0.3 is 9.68 Å². The Morgan fingerprint density at radius 1 is 1.46 bits per heavy atom. The van der Waals surface area contributed by atoms with Crippen LogP contribution in [-0.2, 0) is 0 Å². The van der Waals surface area contributed by atoms with E-state index in [0.717, 1.165) is 12.1 Å². The van der Waals surface area contributed by atoms with Crippen molar-refractivity contribution >= 4 is 7.69 Å². The smallest absolute Gasteiger partial charge is 0.504 e. The number of hydrogen-bond donors (Lipinski definition) is 1. The molecule has 0 spiro atoms. The first-order valence-corrected chi connectivity index (χ1v) is 3.32. The number of nitriles is 1. The van der Waals surface area contributed by atoms with Crippen LogP contribution >= 0.6 is 0 Å². The van der Waals surface area contributed by atoms with Gasteiger partial charge >= 0.3 is 7.69 Å². The third-order valence-electron chi connectivity index (χ3n) is 1.35. The van der Waals surface area contributed by atoms with Crippen molar-refractivity contribution in [3.05, 3.63) is 29.3 Å². The fourth-order valence-corrected chi connectivity index (χ4v) is 0.803. The number of hydrogen-bond acceptors (Lipinski definition) is 3. The van der Waals surface area contributed by atoms with Gasteiger partial charge in [-0.2, -0.15) is 5.26 Å². The fourth-order valence-electron chi connectivity index (χ4n) is 0.803. The summed E-state index contributed by atoms with van der Waals surface area (Å²) in [6, 6.07) is 3.22. The first kappa shape index (κ1) is 9.48. The summed E-state index contributed by atoms with van der Waals surface area (Å²) in [5.74, 6) is -2.48. The van der Waals surface area contributed by atoms with Gasteiger partial charge in [0.2, 0.25) is 0 Å².